The molecule has 3 atom stereocenters. The minimum absolute atomic E-state index is 0.180. The van der Waals surface area contributed by atoms with Gasteiger partial charge in [-0.05, 0) is 26.2 Å². The van der Waals surface area contributed by atoms with Gasteiger partial charge in [-0.15, -0.1) is 0 Å². The topological polar surface area (TPSA) is 58.6 Å². The molecule has 0 radical (unpaired) electrons. The van der Waals surface area contributed by atoms with E-state index in [-0.39, 0.29) is 17.9 Å². The van der Waals surface area contributed by atoms with E-state index >= 15 is 0 Å². The molecule has 0 aromatic heterocycles. The molecule has 19 heavy (non-hydrogen) atoms. The van der Waals surface area contributed by atoms with Crippen molar-refractivity contribution in [1.29, 1.82) is 0 Å². The number of carbonyl (C=O) groups is 1. The number of aliphatic hydroxyl groups excluding tert-OH is 1. The largest absolute Gasteiger partial charge is 0.466 e. The van der Waals surface area contributed by atoms with Crippen molar-refractivity contribution in [2.75, 3.05) is 13.2 Å². The normalized spacial score (nSPS) is 25.9. The number of esters is 1. The third-order valence-corrected chi connectivity index (χ3v) is 3.27. The molecule has 1 rings (SSSR count). The smallest absolute Gasteiger partial charge is 0.415 e. The molecule has 7 heteroatoms. The molecule has 0 spiro atoms. The molecule has 112 valence electrons. The molecular formula is C12H20F3NO3. The zero-order chi connectivity index (χ0) is 14.5. The van der Waals surface area contributed by atoms with Crippen LogP contribution in [-0.4, -0.2) is 42.5 Å². The van der Waals surface area contributed by atoms with Crippen LogP contribution in [-0.2, 0) is 9.53 Å². The van der Waals surface area contributed by atoms with Crippen molar-refractivity contribution < 1.29 is 27.8 Å². The predicted octanol–water partition coefficient (Wildman–Crippen LogP) is 1.62. The van der Waals surface area contributed by atoms with E-state index in [2.05, 4.69) is 5.32 Å². The second kappa shape index (κ2) is 7.09. The summed E-state index contributed by atoms with van der Waals surface area (Å²) in [6.45, 7) is 1.49. The highest BCUT2D eigenvalue weighted by molar-refractivity contribution is 5.72. The van der Waals surface area contributed by atoms with Gasteiger partial charge in [0.2, 0.25) is 0 Å². The molecule has 4 nitrogen and oxygen atoms in total. The number of ether oxygens (including phenoxy) is 1. The number of hydrogen-bond acceptors (Lipinski definition) is 4. The summed E-state index contributed by atoms with van der Waals surface area (Å²) in [7, 11) is 0. The highest BCUT2D eigenvalue weighted by atomic mass is 19.4. The zero-order valence-corrected chi connectivity index (χ0v) is 10.9. The average Bonchev–Trinajstić information content (AvgIpc) is 2.35. The zero-order valence-electron chi connectivity index (χ0n) is 10.9. The second-order valence-electron chi connectivity index (χ2n) is 4.78. The molecule has 2 N–H and O–H groups in total. The summed E-state index contributed by atoms with van der Waals surface area (Å²) in [5, 5.41) is 11.6. The van der Waals surface area contributed by atoms with Crippen molar-refractivity contribution >= 4 is 5.97 Å². The van der Waals surface area contributed by atoms with Crippen molar-refractivity contribution in [2.45, 2.75) is 50.9 Å². The SMILES string of the molecule is CCOC(=O)C1CCCC(NCC(O)C(F)(F)F)C1. The summed E-state index contributed by atoms with van der Waals surface area (Å²) in [5.41, 5.74) is 0. The maximum absolute atomic E-state index is 12.1. The molecule has 3 unspecified atom stereocenters. The summed E-state index contributed by atoms with van der Waals surface area (Å²) < 4.78 is 41.3. The summed E-state index contributed by atoms with van der Waals surface area (Å²) >= 11 is 0. The van der Waals surface area contributed by atoms with E-state index in [0.717, 1.165) is 6.42 Å². The average molecular weight is 283 g/mol. The Labute approximate surface area is 110 Å². The number of aliphatic hydroxyl groups is 1. The maximum atomic E-state index is 12.1. The quantitative estimate of drug-likeness (QED) is 0.753. The van der Waals surface area contributed by atoms with Gasteiger partial charge < -0.3 is 15.2 Å². The second-order valence-corrected chi connectivity index (χ2v) is 4.78. The molecular weight excluding hydrogens is 263 g/mol. The fraction of sp³-hybridized carbons (Fsp3) is 0.917. The number of nitrogens with one attached hydrogen (secondary N) is 1. The highest BCUT2D eigenvalue weighted by Crippen LogP contribution is 2.26. The lowest BCUT2D eigenvalue weighted by molar-refractivity contribution is -0.202. The predicted molar refractivity (Wildman–Crippen MR) is 62.4 cm³/mol. The lowest BCUT2D eigenvalue weighted by Gasteiger charge is -2.29. The molecule has 0 heterocycles. The van der Waals surface area contributed by atoms with Crippen LogP contribution >= 0.6 is 0 Å². The lowest BCUT2D eigenvalue weighted by atomic mass is 9.85. The van der Waals surface area contributed by atoms with Gasteiger partial charge in [-0.3, -0.25) is 4.79 Å². The minimum Gasteiger partial charge on any atom is -0.466 e. The number of halogens is 3. The van der Waals surface area contributed by atoms with E-state index in [1.165, 1.54) is 0 Å². The van der Waals surface area contributed by atoms with Crippen molar-refractivity contribution in [3.05, 3.63) is 0 Å². The fourth-order valence-electron chi connectivity index (χ4n) is 2.24. The maximum Gasteiger partial charge on any atom is 0.415 e. The fourth-order valence-corrected chi connectivity index (χ4v) is 2.24. The molecule has 1 saturated carbocycles. The van der Waals surface area contributed by atoms with Crippen LogP contribution < -0.4 is 5.32 Å². The first-order valence-electron chi connectivity index (χ1n) is 6.49. The summed E-state index contributed by atoms with van der Waals surface area (Å²) in [4.78, 5) is 11.6. The van der Waals surface area contributed by atoms with Gasteiger partial charge in [0.1, 0.15) is 0 Å². The number of rotatable bonds is 5. The first-order valence-corrected chi connectivity index (χ1v) is 6.49. The van der Waals surface area contributed by atoms with Crippen molar-refractivity contribution in [1.82, 2.24) is 5.32 Å². The van der Waals surface area contributed by atoms with Gasteiger partial charge in [0, 0.05) is 12.6 Å². The van der Waals surface area contributed by atoms with Crippen molar-refractivity contribution in [2.24, 2.45) is 5.92 Å². The standard InChI is InChI=1S/C12H20F3NO3/c1-2-19-11(18)8-4-3-5-9(6-8)16-7-10(17)12(13,14)15/h8-10,16-17H,2-7H2,1H3. The Morgan fingerprint density at radius 2 is 2.16 bits per heavy atom. The third-order valence-electron chi connectivity index (χ3n) is 3.27. The minimum atomic E-state index is -4.61. The van der Waals surface area contributed by atoms with E-state index in [0.29, 0.717) is 25.9 Å². The Kier molecular flexibility index (Phi) is 6.06. The van der Waals surface area contributed by atoms with Gasteiger partial charge in [0.05, 0.1) is 12.5 Å². The monoisotopic (exact) mass is 283 g/mol. The first kappa shape index (κ1) is 16.2. The van der Waals surface area contributed by atoms with Crippen LogP contribution in [0, 0.1) is 5.92 Å². The van der Waals surface area contributed by atoms with E-state index in [9.17, 15) is 18.0 Å². The molecule has 1 aliphatic carbocycles. The van der Waals surface area contributed by atoms with Crippen LogP contribution in [0.3, 0.4) is 0 Å². The van der Waals surface area contributed by atoms with Gasteiger partial charge in [0.15, 0.2) is 6.10 Å². The van der Waals surface area contributed by atoms with E-state index in [1.807, 2.05) is 0 Å². The van der Waals surface area contributed by atoms with Crippen LogP contribution in [0.15, 0.2) is 0 Å². The number of carbonyl (C=O) groups excluding carboxylic acids is 1. The molecule has 0 bridgehead atoms. The molecule has 0 amide bonds. The Morgan fingerprint density at radius 1 is 1.47 bits per heavy atom. The Bertz CT molecular complexity index is 296. The Balaban J connectivity index is 2.37. The van der Waals surface area contributed by atoms with Crippen LogP contribution in [0.5, 0.6) is 0 Å². The van der Waals surface area contributed by atoms with Gasteiger partial charge >= 0.3 is 12.1 Å². The van der Waals surface area contributed by atoms with Gasteiger partial charge in [-0.25, -0.2) is 0 Å². The highest BCUT2D eigenvalue weighted by Gasteiger charge is 2.38. The van der Waals surface area contributed by atoms with E-state index in [4.69, 9.17) is 9.84 Å². The van der Waals surface area contributed by atoms with Crippen LogP contribution in [0.4, 0.5) is 13.2 Å². The Hall–Kier alpha value is -0.820. The molecule has 1 aliphatic rings. The first-order chi connectivity index (χ1) is 8.84. The molecule has 0 aromatic rings. The summed E-state index contributed by atoms with van der Waals surface area (Å²) in [5.74, 6) is -0.542. The van der Waals surface area contributed by atoms with E-state index < -0.39 is 18.8 Å². The van der Waals surface area contributed by atoms with Crippen LogP contribution in [0.2, 0.25) is 0 Å². The van der Waals surface area contributed by atoms with Gasteiger partial charge in [0.25, 0.3) is 0 Å². The Morgan fingerprint density at radius 3 is 2.74 bits per heavy atom. The number of alkyl halides is 3. The van der Waals surface area contributed by atoms with Crippen LogP contribution in [0.25, 0.3) is 0 Å². The van der Waals surface area contributed by atoms with Crippen LogP contribution in [0.1, 0.15) is 32.6 Å². The molecule has 0 aromatic carbocycles. The number of hydrogen-bond donors (Lipinski definition) is 2. The molecule has 1 fully saturated rings. The van der Waals surface area contributed by atoms with Gasteiger partial charge in [-0.2, -0.15) is 13.2 Å². The summed E-state index contributed by atoms with van der Waals surface area (Å²) in [6.07, 6.45) is -4.33. The molecule has 0 aliphatic heterocycles. The lowest BCUT2D eigenvalue weighted by Crippen LogP contribution is -2.44. The summed E-state index contributed by atoms with van der Waals surface area (Å²) in [6, 6.07) is -0.180. The van der Waals surface area contributed by atoms with Crippen molar-refractivity contribution in [3.8, 4) is 0 Å². The van der Waals surface area contributed by atoms with Gasteiger partial charge in [-0.1, -0.05) is 6.42 Å². The van der Waals surface area contributed by atoms with E-state index in [1.54, 1.807) is 6.92 Å². The molecule has 0 saturated heterocycles. The van der Waals surface area contributed by atoms with Crippen molar-refractivity contribution in [3.63, 3.8) is 0 Å². The third kappa shape index (κ3) is 5.36.